The lowest BCUT2D eigenvalue weighted by atomic mass is 10.1. The number of benzene rings is 2. The number of ether oxygens (including phenoxy) is 1. The fraction of sp³-hybridized carbons (Fsp3) is 0.174. The van der Waals surface area contributed by atoms with Crippen LogP contribution in [0.2, 0.25) is 0 Å². The smallest absolute Gasteiger partial charge is 0.187 e. The highest BCUT2D eigenvalue weighted by atomic mass is 16.5. The maximum Gasteiger partial charge on any atom is 0.187 e. The van der Waals surface area contributed by atoms with Gasteiger partial charge in [-0.15, -0.1) is 0 Å². The number of hydrogen-bond acceptors (Lipinski definition) is 4. The zero-order valence-corrected chi connectivity index (χ0v) is 15.8. The summed E-state index contributed by atoms with van der Waals surface area (Å²) in [5.74, 6) is -0.693. The van der Waals surface area contributed by atoms with Crippen LogP contribution < -0.4 is 0 Å². The average Bonchev–Trinajstić information content (AvgIpc) is 2.67. The maximum atomic E-state index is 11.1. The van der Waals surface area contributed by atoms with Gasteiger partial charge in [0, 0.05) is 5.56 Å². The Bertz CT molecular complexity index is 779. The summed E-state index contributed by atoms with van der Waals surface area (Å²) >= 11 is 0. The predicted octanol–water partition coefficient (Wildman–Crippen LogP) is 4.78. The molecule has 27 heavy (non-hydrogen) atoms. The predicted molar refractivity (Wildman–Crippen MR) is 110 cm³/mol. The van der Waals surface area contributed by atoms with Crippen molar-refractivity contribution in [2.24, 2.45) is 0 Å². The van der Waals surface area contributed by atoms with Crippen LogP contribution >= 0.6 is 0 Å². The summed E-state index contributed by atoms with van der Waals surface area (Å²) in [6.07, 6.45) is -2.68. The number of allylic oxidation sites excluding steroid dienone is 1. The van der Waals surface area contributed by atoms with Crippen molar-refractivity contribution in [3.8, 4) is 0 Å². The van der Waals surface area contributed by atoms with Gasteiger partial charge in [-0.2, -0.15) is 0 Å². The van der Waals surface area contributed by atoms with Crippen LogP contribution in [0.5, 0.6) is 0 Å². The first-order valence-electron chi connectivity index (χ1n) is 8.42. The van der Waals surface area contributed by atoms with Crippen LogP contribution in [0.15, 0.2) is 86.2 Å². The Balaban J connectivity index is 0.000000337. The first-order chi connectivity index (χ1) is 12.7. The lowest BCUT2D eigenvalue weighted by Crippen LogP contribution is -2.35. The number of carbonyl (C=O) groups excluding carboxylic acids is 1. The first kappa shape index (κ1) is 21.9. The van der Waals surface area contributed by atoms with Crippen LogP contribution in [0.1, 0.15) is 25.0 Å². The largest absolute Gasteiger partial charge is 0.509 e. The van der Waals surface area contributed by atoms with E-state index in [0.29, 0.717) is 5.56 Å². The van der Waals surface area contributed by atoms with Gasteiger partial charge in [-0.25, -0.2) is 0 Å². The number of hydrogen-bond donors (Lipinski definition) is 2. The Morgan fingerprint density at radius 2 is 1.33 bits per heavy atom. The minimum atomic E-state index is -1.47. The fourth-order valence-corrected chi connectivity index (χ4v) is 2.10. The van der Waals surface area contributed by atoms with Crippen molar-refractivity contribution in [2.75, 3.05) is 0 Å². The SMILES string of the molecule is C=C(C)c1ccccc1.C=C(OC(C(=C)O)C(O)C(C)=O)c1ccccc1. The molecule has 2 atom stereocenters. The van der Waals surface area contributed by atoms with Gasteiger partial charge in [-0.1, -0.05) is 86.0 Å². The van der Waals surface area contributed by atoms with Crippen molar-refractivity contribution >= 4 is 17.1 Å². The van der Waals surface area contributed by atoms with E-state index >= 15 is 0 Å². The Morgan fingerprint density at radius 3 is 1.67 bits per heavy atom. The van der Waals surface area contributed by atoms with Gasteiger partial charge in [0.2, 0.25) is 0 Å². The second-order valence-electron chi connectivity index (χ2n) is 6.02. The minimum absolute atomic E-state index is 0.246. The highest BCUT2D eigenvalue weighted by Gasteiger charge is 2.28. The van der Waals surface area contributed by atoms with E-state index in [2.05, 4.69) is 31.9 Å². The van der Waals surface area contributed by atoms with E-state index in [-0.39, 0.29) is 5.76 Å². The van der Waals surface area contributed by atoms with Crippen molar-refractivity contribution < 1.29 is 19.7 Å². The van der Waals surface area contributed by atoms with E-state index < -0.39 is 23.8 Å². The second-order valence-corrected chi connectivity index (χ2v) is 6.02. The molecule has 0 aromatic heterocycles. The summed E-state index contributed by atoms with van der Waals surface area (Å²) < 4.78 is 5.31. The van der Waals surface area contributed by atoms with Crippen LogP contribution in [0, 0.1) is 0 Å². The number of carbonyl (C=O) groups is 1. The number of rotatable bonds is 7. The van der Waals surface area contributed by atoms with E-state index in [1.807, 2.05) is 31.2 Å². The van der Waals surface area contributed by atoms with Crippen molar-refractivity contribution in [1.29, 1.82) is 0 Å². The quantitative estimate of drug-likeness (QED) is 0.692. The van der Waals surface area contributed by atoms with Crippen LogP contribution in [0.25, 0.3) is 11.3 Å². The van der Waals surface area contributed by atoms with Gasteiger partial charge < -0.3 is 14.9 Å². The van der Waals surface area contributed by atoms with Crippen LogP contribution in [0.3, 0.4) is 0 Å². The number of Topliss-reactive ketones (excluding diaryl/α,β-unsaturated/α-hetero) is 1. The van der Waals surface area contributed by atoms with Crippen LogP contribution in [-0.4, -0.2) is 28.2 Å². The third-order valence-corrected chi connectivity index (χ3v) is 3.66. The zero-order chi connectivity index (χ0) is 20.4. The summed E-state index contributed by atoms with van der Waals surface area (Å²) in [6.45, 7) is 14.0. The molecule has 0 bridgehead atoms. The Labute approximate surface area is 160 Å². The lowest BCUT2D eigenvalue weighted by Gasteiger charge is -2.22. The van der Waals surface area contributed by atoms with Crippen LogP contribution in [-0.2, 0) is 9.53 Å². The number of aliphatic hydroxyl groups excluding tert-OH is 2. The molecule has 0 aliphatic heterocycles. The molecule has 2 aromatic rings. The Morgan fingerprint density at radius 1 is 0.889 bits per heavy atom. The van der Waals surface area contributed by atoms with Gasteiger partial charge in [0.05, 0.1) is 0 Å². The summed E-state index contributed by atoms with van der Waals surface area (Å²) in [4.78, 5) is 11.1. The van der Waals surface area contributed by atoms with E-state index in [0.717, 1.165) is 5.57 Å². The molecule has 0 amide bonds. The summed E-state index contributed by atoms with van der Waals surface area (Å²) in [5.41, 5.74) is 3.03. The summed E-state index contributed by atoms with van der Waals surface area (Å²) in [7, 11) is 0. The highest BCUT2D eigenvalue weighted by Crippen LogP contribution is 2.20. The molecule has 0 saturated heterocycles. The molecule has 0 radical (unpaired) electrons. The first-order valence-corrected chi connectivity index (χ1v) is 8.42. The molecule has 0 aliphatic rings. The van der Waals surface area contributed by atoms with Crippen molar-refractivity contribution in [2.45, 2.75) is 26.1 Å². The van der Waals surface area contributed by atoms with Crippen molar-refractivity contribution in [3.05, 3.63) is 97.3 Å². The summed E-state index contributed by atoms with van der Waals surface area (Å²) in [5, 5.41) is 19.0. The minimum Gasteiger partial charge on any atom is -0.509 e. The molecule has 0 fully saturated rings. The molecule has 0 aliphatic carbocycles. The van der Waals surface area contributed by atoms with Gasteiger partial charge in [-0.05, 0) is 19.4 Å². The molecule has 4 nitrogen and oxygen atoms in total. The molecular formula is C23H26O4. The van der Waals surface area contributed by atoms with Gasteiger partial charge in [0.15, 0.2) is 18.0 Å². The molecule has 0 spiro atoms. The van der Waals surface area contributed by atoms with Crippen molar-refractivity contribution in [1.82, 2.24) is 0 Å². The topological polar surface area (TPSA) is 66.8 Å². The van der Waals surface area contributed by atoms with Gasteiger partial charge >= 0.3 is 0 Å². The Kier molecular flexibility index (Phi) is 8.76. The third-order valence-electron chi connectivity index (χ3n) is 3.66. The molecule has 2 N–H and O–H groups in total. The average molecular weight is 366 g/mol. The normalized spacial score (nSPS) is 12.0. The molecule has 4 heteroatoms. The summed E-state index contributed by atoms with van der Waals surface area (Å²) in [6, 6.07) is 19.1. The highest BCUT2D eigenvalue weighted by molar-refractivity contribution is 5.81. The number of aliphatic hydroxyl groups is 2. The standard InChI is InChI=1S/C14H16O4.C9H10/c1-9(15)13(17)14(10(2)16)18-11(3)12-7-5-4-6-8-12;1-8(2)9-6-4-3-5-7-9/h4-8,13-14,16-17H,2-3H2,1H3;3-7H,1H2,2H3. The molecule has 2 rings (SSSR count). The second kappa shape index (κ2) is 10.8. The lowest BCUT2D eigenvalue weighted by molar-refractivity contribution is -0.130. The van der Waals surface area contributed by atoms with E-state index in [1.54, 1.807) is 24.3 Å². The van der Waals surface area contributed by atoms with Gasteiger partial charge in [0.25, 0.3) is 0 Å². The fourth-order valence-electron chi connectivity index (χ4n) is 2.10. The molecule has 142 valence electrons. The van der Waals surface area contributed by atoms with Gasteiger partial charge in [-0.3, -0.25) is 4.79 Å². The maximum absolute atomic E-state index is 11.1. The Hall–Kier alpha value is -3.11. The van der Waals surface area contributed by atoms with Crippen molar-refractivity contribution in [3.63, 3.8) is 0 Å². The molecule has 2 unspecified atom stereocenters. The molecule has 2 aromatic carbocycles. The molecular weight excluding hydrogens is 340 g/mol. The van der Waals surface area contributed by atoms with E-state index in [9.17, 15) is 15.0 Å². The van der Waals surface area contributed by atoms with E-state index in [4.69, 9.17) is 4.74 Å². The molecule has 0 heterocycles. The van der Waals surface area contributed by atoms with Crippen LogP contribution in [0.4, 0.5) is 0 Å². The van der Waals surface area contributed by atoms with Gasteiger partial charge in [0.1, 0.15) is 11.5 Å². The van der Waals surface area contributed by atoms with E-state index in [1.165, 1.54) is 12.5 Å². The zero-order valence-electron chi connectivity index (χ0n) is 15.8. The monoisotopic (exact) mass is 366 g/mol. The molecule has 0 saturated carbocycles. The third kappa shape index (κ3) is 7.34. The number of ketones is 1.